The molecule has 0 saturated heterocycles. The van der Waals surface area contributed by atoms with E-state index in [0.717, 1.165) is 17.1 Å². The molecule has 2 heterocycles. The van der Waals surface area contributed by atoms with Crippen LogP contribution in [0.15, 0.2) is 224 Å². The van der Waals surface area contributed by atoms with Gasteiger partial charge in [-0.05, 0) is 98.8 Å². The number of nitrogens with zero attached hydrogens (tertiary/aromatic N) is 1. The van der Waals surface area contributed by atoms with Crippen molar-refractivity contribution >= 4 is 90.9 Å². The van der Waals surface area contributed by atoms with Crippen molar-refractivity contribution in [2.45, 2.75) is 0 Å². The first-order chi connectivity index (χ1) is 30.2. The monoisotopic (exact) mass is 811 g/mol. The highest BCUT2D eigenvalue weighted by molar-refractivity contribution is 7.26. The normalized spacial score (nSPS) is 11.6. The minimum absolute atomic E-state index is 1.09. The van der Waals surface area contributed by atoms with E-state index in [2.05, 4.69) is 229 Å². The fourth-order valence-electron chi connectivity index (χ4n) is 9.23. The topological polar surface area (TPSA) is 3.24 Å². The number of anilines is 3. The lowest BCUT2D eigenvalue weighted by Crippen LogP contribution is -2.12. The molecule has 3 heteroatoms. The second-order valence-corrected chi connectivity index (χ2v) is 17.8. The Hall–Kier alpha value is -7.30. The van der Waals surface area contributed by atoms with Crippen molar-refractivity contribution in [1.82, 2.24) is 0 Å². The Kier molecular flexibility index (Phi) is 8.62. The molecule has 12 rings (SSSR count). The summed E-state index contributed by atoms with van der Waals surface area (Å²) in [5.41, 5.74) is 12.9. The van der Waals surface area contributed by atoms with Crippen LogP contribution < -0.4 is 4.90 Å². The number of thiophene rings is 2. The van der Waals surface area contributed by atoms with Crippen LogP contribution in [0.5, 0.6) is 0 Å². The van der Waals surface area contributed by atoms with Gasteiger partial charge in [0.05, 0.1) is 11.4 Å². The fraction of sp³-hybridized carbons (Fsp3) is 0. The third kappa shape index (κ3) is 6.13. The second kappa shape index (κ2) is 14.8. The summed E-state index contributed by atoms with van der Waals surface area (Å²) in [6.07, 6.45) is 0. The lowest BCUT2D eigenvalue weighted by atomic mass is 9.91. The van der Waals surface area contributed by atoms with E-state index in [9.17, 15) is 0 Å². The summed E-state index contributed by atoms with van der Waals surface area (Å²) >= 11 is 3.73. The smallest absolute Gasteiger partial charge is 0.0540 e. The highest BCUT2D eigenvalue weighted by Crippen LogP contribution is 2.49. The maximum atomic E-state index is 2.48. The molecule has 0 fully saturated rings. The molecule has 0 amide bonds. The molecule has 12 aromatic rings. The Morgan fingerprint density at radius 2 is 0.803 bits per heavy atom. The predicted octanol–water partition coefficient (Wildman–Crippen LogP) is 17.7. The molecule has 61 heavy (non-hydrogen) atoms. The molecule has 0 N–H and O–H groups in total. The summed E-state index contributed by atoms with van der Waals surface area (Å²) in [5.74, 6) is 0. The Balaban J connectivity index is 1.06. The SMILES string of the molecule is c1ccc(-c2ccccc2N(c2ccc(-c3ccc4c(c3)sc3ccccc34)cc2)c2ccccc2-c2cccc3sc4ccccc4c23)c(-c2ccc3ccccc3c2)c1. The van der Waals surface area contributed by atoms with Crippen LogP contribution in [0.3, 0.4) is 0 Å². The van der Waals surface area contributed by atoms with Gasteiger partial charge in [0.2, 0.25) is 0 Å². The third-order valence-corrected chi connectivity index (χ3v) is 14.4. The van der Waals surface area contributed by atoms with Crippen molar-refractivity contribution in [2.75, 3.05) is 4.90 Å². The summed E-state index contributed by atoms with van der Waals surface area (Å²) < 4.78 is 5.24. The van der Waals surface area contributed by atoms with Gasteiger partial charge in [0, 0.05) is 57.2 Å². The zero-order valence-corrected chi connectivity index (χ0v) is 34.8. The molecule has 0 saturated carbocycles. The molecule has 10 aromatic carbocycles. The average Bonchev–Trinajstić information content (AvgIpc) is 3.90. The van der Waals surface area contributed by atoms with Crippen molar-refractivity contribution in [3.8, 4) is 44.5 Å². The highest BCUT2D eigenvalue weighted by Gasteiger charge is 2.23. The van der Waals surface area contributed by atoms with Gasteiger partial charge < -0.3 is 4.90 Å². The molecular weight excluding hydrogens is 775 g/mol. The van der Waals surface area contributed by atoms with Gasteiger partial charge in [-0.3, -0.25) is 0 Å². The van der Waals surface area contributed by atoms with E-state index in [-0.39, 0.29) is 0 Å². The lowest BCUT2D eigenvalue weighted by Gasteiger charge is -2.30. The van der Waals surface area contributed by atoms with Gasteiger partial charge in [-0.25, -0.2) is 0 Å². The molecule has 0 radical (unpaired) electrons. The summed E-state index contributed by atoms with van der Waals surface area (Å²) in [6, 6.07) is 82.6. The van der Waals surface area contributed by atoms with Crippen LogP contribution in [-0.2, 0) is 0 Å². The van der Waals surface area contributed by atoms with E-state index >= 15 is 0 Å². The Morgan fingerprint density at radius 1 is 0.279 bits per heavy atom. The molecule has 0 bridgehead atoms. The van der Waals surface area contributed by atoms with Crippen molar-refractivity contribution in [1.29, 1.82) is 0 Å². The van der Waals surface area contributed by atoms with Crippen LogP contribution in [0.1, 0.15) is 0 Å². The quantitative estimate of drug-likeness (QED) is 0.155. The van der Waals surface area contributed by atoms with Gasteiger partial charge in [0.25, 0.3) is 0 Å². The lowest BCUT2D eigenvalue weighted by molar-refractivity contribution is 1.28. The van der Waals surface area contributed by atoms with Crippen LogP contribution in [0.2, 0.25) is 0 Å². The summed E-state index contributed by atoms with van der Waals surface area (Å²) in [5, 5.41) is 7.72. The molecule has 2 aromatic heterocycles. The van der Waals surface area contributed by atoms with Gasteiger partial charge in [-0.15, -0.1) is 22.7 Å². The number of hydrogen-bond donors (Lipinski definition) is 0. The minimum Gasteiger partial charge on any atom is -0.309 e. The number of para-hydroxylation sites is 2. The molecule has 0 unspecified atom stereocenters. The third-order valence-electron chi connectivity index (χ3n) is 12.1. The molecule has 286 valence electrons. The first kappa shape index (κ1) is 35.6. The van der Waals surface area contributed by atoms with Crippen LogP contribution in [0, 0.1) is 0 Å². The van der Waals surface area contributed by atoms with Gasteiger partial charge in [0.15, 0.2) is 0 Å². The number of hydrogen-bond acceptors (Lipinski definition) is 3. The van der Waals surface area contributed by atoms with Crippen molar-refractivity contribution in [2.24, 2.45) is 0 Å². The van der Waals surface area contributed by atoms with Gasteiger partial charge in [-0.1, -0.05) is 170 Å². The van der Waals surface area contributed by atoms with Crippen molar-refractivity contribution < 1.29 is 0 Å². The van der Waals surface area contributed by atoms with Crippen molar-refractivity contribution in [3.63, 3.8) is 0 Å². The summed E-state index contributed by atoms with van der Waals surface area (Å²) in [7, 11) is 0. The molecular formula is C58H37NS2. The molecule has 0 aliphatic heterocycles. The fourth-order valence-corrected chi connectivity index (χ4v) is 11.5. The van der Waals surface area contributed by atoms with E-state index in [0.29, 0.717) is 0 Å². The zero-order chi connectivity index (χ0) is 40.3. The van der Waals surface area contributed by atoms with E-state index in [4.69, 9.17) is 0 Å². The van der Waals surface area contributed by atoms with Gasteiger partial charge in [0.1, 0.15) is 0 Å². The number of benzene rings is 10. The molecule has 0 aliphatic rings. The average molecular weight is 812 g/mol. The van der Waals surface area contributed by atoms with Crippen molar-refractivity contribution in [3.05, 3.63) is 224 Å². The maximum Gasteiger partial charge on any atom is 0.0540 e. The first-order valence-electron chi connectivity index (χ1n) is 20.7. The van der Waals surface area contributed by atoms with E-state index in [1.165, 1.54) is 95.6 Å². The molecule has 0 aliphatic carbocycles. The van der Waals surface area contributed by atoms with Crippen LogP contribution in [0.4, 0.5) is 17.1 Å². The second-order valence-electron chi connectivity index (χ2n) is 15.6. The Morgan fingerprint density at radius 3 is 1.59 bits per heavy atom. The zero-order valence-electron chi connectivity index (χ0n) is 33.1. The van der Waals surface area contributed by atoms with Crippen LogP contribution in [0.25, 0.3) is 95.6 Å². The van der Waals surface area contributed by atoms with Crippen LogP contribution >= 0.6 is 22.7 Å². The first-order valence-corrected chi connectivity index (χ1v) is 22.4. The van der Waals surface area contributed by atoms with E-state index in [1.807, 2.05) is 22.7 Å². The number of fused-ring (bicyclic) bond motifs is 7. The van der Waals surface area contributed by atoms with Gasteiger partial charge in [-0.2, -0.15) is 0 Å². The van der Waals surface area contributed by atoms with E-state index in [1.54, 1.807) is 0 Å². The summed E-state index contributed by atoms with van der Waals surface area (Å²) in [4.78, 5) is 2.48. The minimum atomic E-state index is 1.09. The Bertz CT molecular complexity index is 3610. The summed E-state index contributed by atoms with van der Waals surface area (Å²) in [6.45, 7) is 0. The standard InChI is InChI=1S/C58H37NS2/c1-2-15-40-36-42(29-28-38(40)14-1)44-16-3-4-17-45(44)46-18-5-9-23-52(46)59(43-33-30-39(31-34-43)41-32-35-49-48-20-7-11-25-54(48)61-57(49)37-41)53-24-10-6-19-47(53)50-22-13-27-56-58(50)51-21-8-12-26-55(51)60-56/h1-37H. The molecule has 0 spiro atoms. The van der Waals surface area contributed by atoms with E-state index < -0.39 is 0 Å². The Labute approximate surface area is 362 Å². The predicted molar refractivity (Wildman–Crippen MR) is 266 cm³/mol. The van der Waals surface area contributed by atoms with Gasteiger partial charge >= 0.3 is 0 Å². The molecule has 0 atom stereocenters. The molecule has 1 nitrogen and oxygen atoms in total. The number of rotatable bonds is 7. The maximum absolute atomic E-state index is 2.48. The largest absolute Gasteiger partial charge is 0.309 e. The van der Waals surface area contributed by atoms with Crippen LogP contribution in [-0.4, -0.2) is 0 Å². The highest BCUT2D eigenvalue weighted by atomic mass is 32.1.